The molecule has 3 aliphatic rings. The van der Waals surface area contributed by atoms with Gasteiger partial charge in [0.15, 0.2) is 37.2 Å². The highest BCUT2D eigenvalue weighted by Gasteiger charge is 2.59. The number of hydrogen-bond donors (Lipinski definition) is 1. The summed E-state index contributed by atoms with van der Waals surface area (Å²) >= 11 is 0. The molecule has 1 amide bonds. The second-order valence-electron chi connectivity index (χ2n) is 19.0. The van der Waals surface area contributed by atoms with Crippen molar-refractivity contribution in [2.75, 3.05) is 34.0 Å². The van der Waals surface area contributed by atoms with Crippen LogP contribution in [0.1, 0.15) is 43.0 Å². The summed E-state index contributed by atoms with van der Waals surface area (Å²) in [6, 6.07) is 33.4. The van der Waals surface area contributed by atoms with Gasteiger partial charge in [0.05, 0.1) is 40.1 Å². The van der Waals surface area contributed by atoms with E-state index in [0.29, 0.717) is 11.1 Å². The molecule has 3 fully saturated rings. The van der Waals surface area contributed by atoms with Gasteiger partial charge < -0.3 is 76.4 Å². The van der Waals surface area contributed by atoms with Crippen LogP contribution in [0.2, 0.25) is 0 Å². The summed E-state index contributed by atoms with van der Waals surface area (Å²) < 4.78 is 93.0. The molecule has 3 aliphatic heterocycles. The van der Waals surface area contributed by atoms with Crippen LogP contribution in [0.3, 0.4) is 0 Å². The summed E-state index contributed by atoms with van der Waals surface area (Å²) in [6.07, 6.45) is -19.2. The van der Waals surface area contributed by atoms with Gasteiger partial charge >= 0.3 is 30.0 Å². The van der Waals surface area contributed by atoms with Crippen molar-refractivity contribution in [3.8, 4) is 0 Å². The first-order chi connectivity index (χ1) is 39.8. The molecule has 82 heavy (non-hydrogen) atoms. The van der Waals surface area contributed by atoms with Crippen LogP contribution in [-0.4, -0.2) is 156 Å². The first kappa shape index (κ1) is 62.3. The molecular weight excluding hydrogens is 1070 g/mol. The highest BCUT2D eigenvalue weighted by atomic mass is 16.8. The van der Waals surface area contributed by atoms with Crippen molar-refractivity contribution in [3.05, 3.63) is 167 Å². The number of methoxy groups -OCH3 is 2. The number of benzene rings is 4. The van der Waals surface area contributed by atoms with Gasteiger partial charge in [-0.1, -0.05) is 133 Å². The molecule has 7 rings (SSSR count). The summed E-state index contributed by atoms with van der Waals surface area (Å²) in [5.41, 5.74) is 13.2. The van der Waals surface area contributed by atoms with Crippen molar-refractivity contribution in [2.24, 2.45) is 5.11 Å². The van der Waals surface area contributed by atoms with Gasteiger partial charge in [-0.3, -0.25) is 14.4 Å². The van der Waals surface area contributed by atoms with E-state index in [1.54, 1.807) is 60.7 Å². The molecule has 3 heterocycles. The van der Waals surface area contributed by atoms with E-state index in [4.69, 9.17) is 71.1 Å². The Bertz CT molecular complexity index is 2710. The molecule has 440 valence electrons. The van der Waals surface area contributed by atoms with Gasteiger partial charge in [-0.05, 0) is 27.8 Å². The standard InChI is InChI=1S/C58H68N4O20/c1-7-28-71-46-42(33-70-29-38-20-12-8-13-21-38)79-56(45(61-62-59)48(46)73-30-39-22-14-9-15-23-39)81-51-50(74-31-40-24-16-10-17-25-40)53(77-37(4)65)57(82-52(51)54(66)68-5)80-47-43(34-72-35(2)63)78-55(69-6)44(49(47)76-36(3)64)60-58(67)75-32-41-26-18-11-19-27-41/h7-27,42-53,55-57H,1,28-34H2,2-6H3,(H,60,67)/t42-,43-,44-,45-,46-,47-,48-,49-,50+,51+,52-,53-,55+,56+,57-/m1/s1. The number of nitrogens with zero attached hydrogens (tertiary/aromatic N) is 3. The summed E-state index contributed by atoms with van der Waals surface area (Å²) in [4.78, 5) is 70.2. The monoisotopic (exact) mass is 1140 g/mol. The molecule has 0 unspecified atom stereocenters. The maximum atomic E-state index is 14.4. The molecule has 3 saturated heterocycles. The Kier molecular flexibility index (Phi) is 24.1. The van der Waals surface area contributed by atoms with Crippen LogP contribution in [-0.2, 0) is 117 Å². The van der Waals surface area contributed by atoms with E-state index in [1.165, 1.54) is 13.2 Å². The van der Waals surface area contributed by atoms with Crippen LogP contribution < -0.4 is 5.32 Å². The second kappa shape index (κ2) is 31.8. The first-order valence-electron chi connectivity index (χ1n) is 26.3. The van der Waals surface area contributed by atoms with E-state index in [-0.39, 0.29) is 39.6 Å². The van der Waals surface area contributed by atoms with E-state index >= 15 is 0 Å². The van der Waals surface area contributed by atoms with Gasteiger partial charge in [-0.2, -0.15) is 0 Å². The Morgan fingerprint density at radius 2 is 1.10 bits per heavy atom. The topological polar surface area (TPSA) is 285 Å². The zero-order valence-corrected chi connectivity index (χ0v) is 45.9. The van der Waals surface area contributed by atoms with Crippen LogP contribution in [0.4, 0.5) is 4.79 Å². The predicted molar refractivity (Wildman–Crippen MR) is 285 cm³/mol. The molecule has 0 radical (unpaired) electrons. The van der Waals surface area contributed by atoms with Crippen LogP contribution in [0.25, 0.3) is 10.4 Å². The highest BCUT2D eigenvalue weighted by molar-refractivity contribution is 5.76. The zero-order chi connectivity index (χ0) is 58.4. The molecule has 24 heteroatoms. The van der Waals surface area contributed by atoms with Crippen LogP contribution >= 0.6 is 0 Å². The number of alkyl carbamates (subject to hydrolysis) is 1. The van der Waals surface area contributed by atoms with E-state index in [0.717, 1.165) is 39.0 Å². The number of azide groups is 1. The molecular formula is C58H68N4O20. The fraction of sp³-hybridized carbons (Fsp3) is 0.466. The minimum atomic E-state index is -1.91. The van der Waals surface area contributed by atoms with Crippen molar-refractivity contribution < 1.29 is 95.0 Å². The normalized spacial score (nSPS) is 27.8. The van der Waals surface area contributed by atoms with Crippen molar-refractivity contribution in [3.63, 3.8) is 0 Å². The lowest BCUT2D eigenvalue weighted by atomic mass is 9.94. The van der Waals surface area contributed by atoms with E-state index < -0.39 is 129 Å². The molecule has 4 aromatic rings. The summed E-state index contributed by atoms with van der Waals surface area (Å²) in [5, 5.41) is 6.81. The van der Waals surface area contributed by atoms with Crippen molar-refractivity contribution in [2.45, 2.75) is 139 Å². The third-order valence-electron chi connectivity index (χ3n) is 13.1. The van der Waals surface area contributed by atoms with Crippen LogP contribution in [0.5, 0.6) is 0 Å². The third-order valence-corrected chi connectivity index (χ3v) is 13.1. The molecule has 0 spiro atoms. The van der Waals surface area contributed by atoms with Crippen molar-refractivity contribution in [1.82, 2.24) is 5.32 Å². The molecule has 15 atom stereocenters. The second-order valence-corrected chi connectivity index (χ2v) is 19.0. The summed E-state index contributed by atoms with van der Waals surface area (Å²) in [6.45, 7) is 6.29. The average Bonchev–Trinajstić information content (AvgIpc) is 2.92. The number of ether oxygens (including phenoxy) is 15. The number of carbonyl (C=O) groups excluding carboxylic acids is 5. The number of hydrogen-bond acceptors (Lipinski definition) is 21. The number of rotatable bonds is 27. The van der Waals surface area contributed by atoms with Crippen molar-refractivity contribution in [1.29, 1.82) is 0 Å². The Hall–Kier alpha value is -7.32. The Morgan fingerprint density at radius 1 is 0.573 bits per heavy atom. The lowest BCUT2D eigenvalue weighted by Gasteiger charge is -2.50. The largest absolute Gasteiger partial charge is 0.467 e. The van der Waals surface area contributed by atoms with Gasteiger partial charge in [0, 0.05) is 32.8 Å². The highest BCUT2D eigenvalue weighted by Crippen LogP contribution is 2.38. The molecule has 0 bridgehead atoms. The Labute approximate surface area is 473 Å². The summed E-state index contributed by atoms with van der Waals surface area (Å²) in [5.74, 6) is -3.57. The lowest BCUT2D eigenvalue weighted by Crippen LogP contribution is -2.70. The van der Waals surface area contributed by atoms with Gasteiger partial charge in [-0.25, -0.2) is 9.59 Å². The fourth-order valence-corrected chi connectivity index (χ4v) is 9.47. The Morgan fingerprint density at radius 3 is 1.63 bits per heavy atom. The predicted octanol–water partition coefficient (Wildman–Crippen LogP) is 6.11. The van der Waals surface area contributed by atoms with Crippen LogP contribution in [0, 0.1) is 0 Å². The maximum absolute atomic E-state index is 14.4. The first-order valence-corrected chi connectivity index (χ1v) is 26.3. The Balaban J connectivity index is 1.30. The quantitative estimate of drug-likeness (QED) is 0.0176. The number of nitrogens with one attached hydrogen (secondary N) is 1. The number of esters is 4. The number of carbonyl (C=O) groups is 5. The van der Waals surface area contributed by atoms with Crippen LogP contribution in [0.15, 0.2) is 139 Å². The number of amides is 1. The van der Waals surface area contributed by atoms with E-state index in [1.807, 2.05) is 60.7 Å². The molecule has 4 aromatic carbocycles. The molecule has 24 nitrogen and oxygen atoms in total. The molecule has 0 aromatic heterocycles. The van der Waals surface area contributed by atoms with Crippen molar-refractivity contribution >= 4 is 30.0 Å². The van der Waals surface area contributed by atoms with Gasteiger partial charge in [0.2, 0.25) is 0 Å². The molecule has 0 aliphatic carbocycles. The fourth-order valence-electron chi connectivity index (χ4n) is 9.47. The third kappa shape index (κ3) is 17.6. The molecule has 0 saturated carbocycles. The SMILES string of the molecule is C=CCO[C@H]1[C@H](OCc2ccccc2)[C@@H](N=[N+]=[N-])[C@H](O[C@H]2[C@H](OCc3ccccc3)[C@@H](OC(C)=O)[C@H](O[C@H]3[C@H](OC(C)=O)[C@@H](NC(=O)OCc4ccccc4)[C@@H](OC)O[C@@H]3COC(C)=O)O[C@H]2C(=O)OC)O[C@@H]1COCc1ccccc1. The average molecular weight is 1140 g/mol. The maximum Gasteiger partial charge on any atom is 0.407 e. The minimum Gasteiger partial charge on any atom is -0.467 e. The van der Waals surface area contributed by atoms with Gasteiger partial charge in [0.1, 0.15) is 68.0 Å². The smallest absolute Gasteiger partial charge is 0.407 e. The lowest BCUT2D eigenvalue weighted by molar-refractivity contribution is -0.367. The zero-order valence-electron chi connectivity index (χ0n) is 45.9. The van der Waals surface area contributed by atoms with E-state index in [9.17, 15) is 29.5 Å². The minimum absolute atomic E-state index is 0.00292. The van der Waals surface area contributed by atoms with E-state index in [2.05, 4.69) is 21.9 Å². The van der Waals surface area contributed by atoms with Gasteiger partial charge in [0.25, 0.3) is 0 Å². The summed E-state index contributed by atoms with van der Waals surface area (Å²) in [7, 11) is 2.35. The molecule has 1 N–H and O–H groups in total. The van der Waals surface area contributed by atoms with Gasteiger partial charge in [-0.15, -0.1) is 6.58 Å².